The number of carboxylic acid groups (broad SMARTS) is 1. The molecule has 0 saturated heterocycles. The van der Waals surface area contributed by atoms with E-state index < -0.39 is 24.9 Å². The molecule has 5 nitrogen and oxygen atoms in total. The Balaban J connectivity index is 1.69. The van der Waals surface area contributed by atoms with Gasteiger partial charge in [-0.3, -0.25) is 9.36 Å². The predicted molar refractivity (Wildman–Crippen MR) is 108 cm³/mol. The Labute approximate surface area is 158 Å². The molecule has 27 heavy (non-hydrogen) atoms. The van der Waals surface area contributed by atoms with Gasteiger partial charge in [-0.1, -0.05) is 55.5 Å². The van der Waals surface area contributed by atoms with E-state index in [2.05, 4.69) is 4.98 Å². The molecule has 142 valence electrons. The van der Waals surface area contributed by atoms with E-state index in [1.165, 1.54) is 0 Å². The summed E-state index contributed by atoms with van der Waals surface area (Å²) in [6, 6.07) is 16.6. The van der Waals surface area contributed by atoms with E-state index in [0.29, 0.717) is 18.4 Å². The lowest BCUT2D eigenvalue weighted by atomic mass is 9.96. The molecule has 3 atom stereocenters. The van der Waals surface area contributed by atoms with Crippen LogP contribution in [0.4, 0.5) is 0 Å². The number of benzene rings is 2. The number of nitrogens with one attached hydrogen (secondary N) is 1. The number of para-hydroxylation sites is 1. The van der Waals surface area contributed by atoms with E-state index in [1.807, 2.05) is 30.5 Å². The highest BCUT2D eigenvalue weighted by atomic mass is 31.2. The molecule has 0 aliphatic carbocycles. The maximum atomic E-state index is 12.9. The number of aliphatic carboxylic acids is 1. The zero-order chi connectivity index (χ0) is 19.4. The number of hydrogen-bond acceptors (Lipinski definition) is 2. The molecule has 0 aliphatic rings. The third-order valence-corrected chi connectivity index (χ3v) is 7.67. The topological polar surface area (TPSA) is 90.4 Å². The number of carboxylic acids is 1. The van der Waals surface area contributed by atoms with Gasteiger partial charge in [-0.05, 0) is 30.0 Å². The van der Waals surface area contributed by atoms with E-state index in [-0.39, 0.29) is 6.16 Å². The Morgan fingerprint density at radius 1 is 1.11 bits per heavy atom. The molecule has 6 heteroatoms. The normalized spacial score (nSPS) is 15.9. The number of H-pyrrole nitrogens is 1. The lowest BCUT2D eigenvalue weighted by molar-refractivity contribution is -0.138. The van der Waals surface area contributed by atoms with Gasteiger partial charge >= 0.3 is 5.97 Å². The minimum absolute atomic E-state index is 0.101. The largest absolute Gasteiger partial charge is 0.481 e. The minimum Gasteiger partial charge on any atom is -0.481 e. The van der Waals surface area contributed by atoms with Crippen molar-refractivity contribution >= 4 is 24.2 Å². The first kappa shape index (κ1) is 19.4. The Kier molecular flexibility index (Phi) is 5.83. The third-order valence-electron chi connectivity index (χ3n) is 5.14. The van der Waals surface area contributed by atoms with E-state index >= 15 is 0 Å². The van der Waals surface area contributed by atoms with Gasteiger partial charge < -0.3 is 15.0 Å². The van der Waals surface area contributed by atoms with Gasteiger partial charge in [-0.15, -0.1) is 0 Å². The molecule has 0 bridgehead atoms. The Morgan fingerprint density at radius 2 is 1.78 bits per heavy atom. The summed E-state index contributed by atoms with van der Waals surface area (Å²) in [6.45, 7) is 1.57. The second-order valence-corrected chi connectivity index (χ2v) is 9.68. The fourth-order valence-electron chi connectivity index (χ4n) is 3.56. The first-order valence-corrected chi connectivity index (χ1v) is 11.0. The summed E-state index contributed by atoms with van der Waals surface area (Å²) in [5, 5.41) is 10.7. The van der Waals surface area contributed by atoms with Crippen LogP contribution in [0.2, 0.25) is 0 Å². The van der Waals surface area contributed by atoms with E-state index in [1.54, 1.807) is 37.3 Å². The molecule has 0 amide bonds. The SMILES string of the molecule is CC(C(C(=O)O)c1ccccc1)P(=O)(O)CCCc1c[nH]c2ccccc12. The lowest BCUT2D eigenvalue weighted by Crippen LogP contribution is -2.25. The van der Waals surface area contributed by atoms with Crippen LogP contribution in [0.5, 0.6) is 0 Å². The molecule has 0 aliphatic heterocycles. The summed E-state index contributed by atoms with van der Waals surface area (Å²) >= 11 is 0. The van der Waals surface area contributed by atoms with Gasteiger partial charge in [-0.2, -0.15) is 0 Å². The Hall–Kier alpha value is -2.36. The van der Waals surface area contributed by atoms with Gasteiger partial charge in [0.05, 0.1) is 11.6 Å². The van der Waals surface area contributed by atoms with Gasteiger partial charge in [0.1, 0.15) is 0 Å². The second-order valence-electron chi connectivity index (χ2n) is 6.91. The molecule has 0 spiro atoms. The standard InChI is InChI=1S/C21H24NO4P/c1-15(20(21(23)24)16-8-3-2-4-9-16)27(25,26)13-7-10-17-14-22-19-12-6-5-11-18(17)19/h2-6,8-9,11-12,14-15,20,22H,7,10,13H2,1H3,(H,23,24)(H,25,26). The number of aryl methyl sites for hydroxylation is 1. The van der Waals surface area contributed by atoms with Crippen molar-refractivity contribution in [3.63, 3.8) is 0 Å². The van der Waals surface area contributed by atoms with E-state index in [4.69, 9.17) is 0 Å². The van der Waals surface area contributed by atoms with Crippen molar-refractivity contribution in [2.75, 3.05) is 6.16 Å². The Morgan fingerprint density at radius 3 is 2.48 bits per heavy atom. The summed E-state index contributed by atoms with van der Waals surface area (Å²) in [4.78, 5) is 25.6. The smallest absolute Gasteiger partial charge is 0.311 e. The fourth-order valence-corrected chi connectivity index (χ4v) is 5.34. The molecule has 0 saturated carbocycles. The average Bonchev–Trinajstić information content (AvgIpc) is 3.05. The molecule has 3 unspecified atom stereocenters. The van der Waals surface area contributed by atoms with Gasteiger partial charge in [0.25, 0.3) is 0 Å². The number of aromatic nitrogens is 1. The highest BCUT2D eigenvalue weighted by molar-refractivity contribution is 7.58. The first-order valence-electron chi connectivity index (χ1n) is 9.04. The molecular weight excluding hydrogens is 361 g/mol. The number of fused-ring (bicyclic) bond motifs is 1. The van der Waals surface area contributed by atoms with Crippen molar-refractivity contribution in [3.8, 4) is 0 Å². The molecule has 3 N–H and O–H groups in total. The van der Waals surface area contributed by atoms with Crippen LogP contribution in [0.3, 0.4) is 0 Å². The summed E-state index contributed by atoms with van der Waals surface area (Å²) < 4.78 is 12.9. The van der Waals surface area contributed by atoms with Crippen LogP contribution in [0.25, 0.3) is 10.9 Å². The zero-order valence-electron chi connectivity index (χ0n) is 15.2. The maximum Gasteiger partial charge on any atom is 0.311 e. The molecule has 1 heterocycles. The summed E-state index contributed by atoms with van der Waals surface area (Å²) in [5.74, 6) is -2.06. The zero-order valence-corrected chi connectivity index (χ0v) is 16.1. The lowest BCUT2D eigenvalue weighted by Gasteiger charge is -2.25. The molecule has 3 rings (SSSR count). The summed E-state index contributed by atoms with van der Waals surface area (Å²) in [5.41, 5.74) is 1.86. The van der Waals surface area contributed by atoms with Gasteiger partial charge in [0.15, 0.2) is 0 Å². The van der Waals surface area contributed by atoms with E-state index in [0.717, 1.165) is 16.5 Å². The van der Waals surface area contributed by atoms with Gasteiger partial charge in [0, 0.05) is 23.3 Å². The molecule has 3 aromatic rings. The molecule has 2 aromatic carbocycles. The fraction of sp³-hybridized carbons (Fsp3) is 0.286. The van der Waals surface area contributed by atoms with Gasteiger partial charge in [0.2, 0.25) is 7.37 Å². The van der Waals surface area contributed by atoms with Crippen molar-refractivity contribution < 1.29 is 19.4 Å². The number of aromatic amines is 1. The van der Waals surface area contributed by atoms with Crippen LogP contribution in [0, 0.1) is 0 Å². The number of carbonyl (C=O) groups is 1. The van der Waals surface area contributed by atoms with E-state index in [9.17, 15) is 19.4 Å². The van der Waals surface area contributed by atoms with Crippen LogP contribution in [-0.2, 0) is 15.8 Å². The minimum atomic E-state index is -3.63. The highest BCUT2D eigenvalue weighted by Gasteiger charge is 2.38. The quantitative estimate of drug-likeness (QED) is 0.493. The second kappa shape index (κ2) is 8.12. The number of hydrogen-bond donors (Lipinski definition) is 3. The summed E-state index contributed by atoms with van der Waals surface area (Å²) in [7, 11) is -3.63. The Bertz CT molecular complexity index is 966. The van der Waals surface area contributed by atoms with Crippen LogP contribution < -0.4 is 0 Å². The third kappa shape index (κ3) is 4.32. The first-order chi connectivity index (χ1) is 12.9. The van der Waals surface area contributed by atoms with Crippen molar-refractivity contribution in [1.29, 1.82) is 0 Å². The van der Waals surface area contributed by atoms with Crippen molar-refractivity contribution in [3.05, 3.63) is 71.9 Å². The average molecular weight is 385 g/mol. The van der Waals surface area contributed by atoms with Crippen LogP contribution in [0.1, 0.15) is 30.4 Å². The van der Waals surface area contributed by atoms with Crippen molar-refractivity contribution in [1.82, 2.24) is 4.98 Å². The maximum absolute atomic E-state index is 12.9. The van der Waals surface area contributed by atoms with Crippen LogP contribution >= 0.6 is 7.37 Å². The predicted octanol–water partition coefficient (Wildman–Crippen LogP) is 4.63. The molecular formula is C21H24NO4P. The monoisotopic (exact) mass is 385 g/mol. The van der Waals surface area contributed by atoms with Crippen LogP contribution in [-0.4, -0.2) is 32.8 Å². The molecule has 0 fully saturated rings. The molecule has 1 aromatic heterocycles. The number of rotatable bonds is 8. The van der Waals surface area contributed by atoms with Gasteiger partial charge in [-0.25, -0.2) is 0 Å². The molecule has 0 radical (unpaired) electrons. The highest BCUT2D eigenvalue weighted by Crippen LogP contribution is 2.52. The summed E-state index contributed by atoms with van der Waals surface area (Å²) in [6.07, 6.45) is 3.23. The van der Waals surface area contributed by atoms with Crippen molar-refractivity contribution in [2.45, 2.75) is 31.3 Å². The van der Waals surface area contributed by atoms with Crippen molar-refractivity contribution in [2.24, 2.45) is 0 Å². The van der Waals surface area contributed by atoms with Crippen LogP contribution in [0.15, 0.2) is 60.8 Å².